The molecule has 0 saturated carbocycles. The van der Waals surface area contributed by atoms with Crippen LogP contribution in [0.1, 0.15) is 33.6 Å². The third-order valence-corrected chi connectivity index (χ3v) is 4.19. The van der Waals surface area contributed by atoms with Gasteiger partial charge in [0.2, 0.25) is 0 Å². The SMILES string of the molecule is NCCN1CCC(N2C(=O)c3ccccc3C2=O)CC1. The fourth-order valence-electron chi connectivity index (χ4n) is 3.12. The number of hydrogen-bond donors (Lipinski definition) is 1. The Balaban J connectivity index is 1.74. The first-order valence-electron chi connectivity index (χ1n) is 7.11. The predicted octanol–water partition coefficient (Wildman–Crippen LogP) is 0.706. The van der Waals surface area contributed by atoms with E-state index in [4.69, 9.17) is 5.73 Å². The number of nitrogens with two attached hydrogens (primary N) is 1. The Kier molecular flexibility index (Phi) is 3.54. The van der Waals surface area contributed by atoms with Crippen molar-refractivity contribution < 1.29 is 9.59 Å². The molecule has 0 aromatic heterocycles. The number of imide groups is 1. The first-order valence-corrected chi connectivity index (χ1v) is 7.11. The quantitative estimate of drug-likeness (QED) is 0.824. The zero-order chi connectivity index (χ0) is 14.1. The van der Waals surface area contributed by atoms with Gasteiger partial charge >= 0.3 is 0 Å². The summed E-state index contributed by atoms with van der Waals surface area (Å²) in [4.78, 5) is 28.5. The second-order valence-electron chi connectivity index (χ2n) is 5.39. The van der Waals surface area contributed by atoms with Crippen molar-refractivity contribution in [2.24, 2.45) is 5.73 Å². The van der Waals surface area contributed by atoms with E-state index < -0.39 is 0 Å². The molecule has 2 N–H and O–H groups in total. The zero-order valence-corrected chi connectivity index (χ0v) is 11.4. The summed E-state index contributed by atoms with van der Waals surface area (Å²) in [5.41, 5.74) is 6.64. The number of nitrogens with zero attached hydrogens (tertiary/aromatic N) is 2. The molecule has 1 fully saturated rings. The summed E-state index contributed by atoms with van der Waals surface area (Å²) in [5, 5.41) is 0. The van der Waals surface area contributed by atoms with Crippen LogP contribution in [-0.2, 0) is 0 Å². The van der Waals surface area contributed by atoms with Crippen molar-refractivity contribution in [3.8, 4) is 0 Å². The van der Waals surface area contributed by atoms with Crippen molar-refractivity contribution in [3.05, 3.63) is 35.4 Å². The summed E-state index contributed by atoms with van der Waals surface area (Å²) < 4.78 is 0. The minimum atomic E-state index is -0.136. The van der Waals surface area contributed by atoms with Gasteiger partial charge in [-0.25, -0.2) is 0 Å². The molecule has 0 bridgehead atoms. The highest BCUT2D eigenvalue weighted by Gasteiger charge is 2.40. The molecule has 0 radical (unpaired) electrons. The Hall–Kier alpha value is -1.72. The van der Waals surface area contributed by atoms with Crippen LogP contribution in [0.15, 0.2) is 24.3 Å². The van der Waals surface area contributed by atoms with Gasteiger partial charge in [0.05, 0.1) is 11.1 Å². The van der Waals surface area contributed by atoms with E-state index in [9.17, 15) is 9.59 Å². The van der Waals surface area contributed by atoms with Gasteiger partial charge in [-0.05, 0) is 25.0 Å². The molecule has 0 spiro atoms. The first kappa shape index (κ1) is 13.3. The molecular weight excluding hydrogens is 254 g/mol. The molecule has 1 aromatic rings. The number of hydrogen-bond acceptors (Lipinski definition) is 4. The van der Waals surface area contributed by atoms with Gasteiger partial charge < -0.3 is 10.6 Å². The summed E-state index contributed by atoms with van der Waals surface area (Å²) in [6.07, 6.45) is 1.68. The Morgan fingerprint density at radius 1 is 1.05 bits per heavy atom. The molecule has 0 aliphatic carbocycles. The topological polar surface area (TPSA) is 66.6 Å². The van der Waals surface area contributed by atoms with E-state index in [0.29, 0.717) is 17.7 Å². The molecule has 3 rings (SSSR count). The van der Waals surface area contributed by atoms with Gasteiger partial charge in [-0.3, -0.25) is 14.5 Å². The Labute approximate surface area is 118 Å². The molecule has 0 atom stereocenters. The summed E-state index contributed by atoms with van der Waals surface area (Å²) in [6, 6.07) is 7.10. The smallest absolute Gasteiger partial charge is 0.261 e. The van der Waals surface area contributed by atoms with E-state index in [1.165, 1.54) is 4.90 Å². The second kappa shape index (κ2) is 5.34. The number of piperidine rings is 1. The van der Waals surface area contributed by atoms with Gasteiger partial charge in [-0.1, -0.05) is 12.1 Å². The van der Waals surface area contributed by atoms with Crippen LogP contribution in [-0.4, -0.2) is 53.8 Å². The highest BCUT2D eigenvalue weighted by molar-refractivity contribution is 6.21. The van der Waals surface area contributed by atoms with Gasteiger partial charge in [-0.15, -0.1) is 0 Å². The molecule has 106 valence electrons. The number of amides is 2. The molecule has 2 amide bonds. The van der Waals surface area contributed by atoms with Crippen molar-refractivity contribution in [2.75, 3.05) is 26.2 Å². The summed E-state index contributed by atoms with van der Waals surface area (Å²) in [6.45, 7) is 3.33. The third kappa shape index (κ3) is 2.13. The fraction of sp³-hybridized carbons (Fsp3) is 0.467. The number of carbonyl (C=O) groups is 2. The monoisotopic (exact) mass is 273 g/mol. The average molecular weight is 273 g/mol. The van der Waals surface area contributed by atoms with Crippen LogP contribution in [0, 0.1) is 0 Å². The van der Waals surface area contributed by atoms with E-state index in [0.717, 1.165) is 32.5 Å². The van der Waals surface area contributed by atoms with Crippen LogP contribution < -0.4 is 5.73 Å². The van der Waals surface area contributed by atoms with Gasteiger partial charge in [0.1, 0.15) is 0 Å². The largest absolute Gasteiger partial charge is 0.329 e. The van der Waals surface area contributed by atoms with Crippen molar-refractivity contribution in [1.29, 1.82) is 0 Å². The van der Waals surface area contributed by atoms with E-state index in [1.807, 2.05) is 0 Å². The lowest BCUT2D eigenvalue weighted by molar-refractivity contribution is 0.0505. The molecule has 2 aliphatic heterocycles. The molecular formula is C15H19N3O2. The predicted molar refractivity (Wildman–Crippen MR) is 75.5 cm³/mol. The van der Waals surface area contributed by atoms with E-state index in [1.54, 1.807) is 24.3 Å². The number of benzene rings is 1. The lowest BCUT2D eigenvalue weighted by Crippen LogP contribution is -2.48. The summed E-state index contributed by atoms with van der Waals surface area (Å²) >= 11 is 0. The van der Waals surface area contributed by atoms with E-state index in [-0.39, 0.29) is 17.9 Å². The van der Waals surface area contributed by atoms with Crippen LogP contribution in [0.5, 0.6) is 0 Å². The van der Waals surface area contributed by atoms with Crippen LogP contribution in [0.3, 0.4) is 0 Å². The zero-order valence-electron chi connectivity index (χ0n) is 11.4. The van der Waals surface area contributed by atoms with Crippen molar-refractivity contribution in [1.82, 2.24) is 9.80 Å². The van der Waals surface area contributed by atoms with Gasteiger partial charge in [-0.2, -0.15) is 0 Å². The highest BCUT2D eigenvalue weighted by Crippen LogP contribution is 2.28. The van der Waals surface area contributed by atoms with E-state index >= 15 is 0 Å². The third-order valence-electron chi connectivity index (χ3n) is 4.19. The van der Waals surface area contributed by atoms with Crippen molar-refractivity contribution in [3.63, 3.8) is 0 Å². The molecule has 20 heavy (non-hydrogen) atoms. The molecule has 5 nitrogen and oxygen atoms in total. The summed E-state index contributed by atoms with van der Waals surface area (Å²) in [7, 11) is 0. The normalized spacial score (nSPS) is 20.6. The number of likely N-dealkylation sites (tertiary alicyclic amines) is 1. The lowest BCUT2D eigenvalue weighted by Gasteiger charge is -2.35. The lowest BCUT2D eigenvalue weighted by atomic mass is 10.0. The van der Waals surface area contributed by atoms with Crippen LogP contribution in [0.25, 0.3) is 0 Å². The van der Waals surface area contributed by atoms with Crippen LogP contribution >= 0.6 is 0 Å². The van der Waals surface area contributed by atoms with Crippen molar-refractivity contribution in [2.45, 2.75) is 18.9 Å². The molecule has 0 unspecified atom stereocenters. The molecule has 1 saturated heterocycles. The Bertz CT molecular complexity index is 501. The molecule has 5 heteroatoms. The number of rotatable bonds is 3. The minimum absolute atomic E-state index is 0.0245. The Morgan fingerprint density at radius 2 is 1.60 bits per heavy atom. The van der Waals surface area contributed by atoms with Crippen molar-refractivity contribution >= 4 is 11.8 Å². The standard InChI is InChI=1S/C15H19N3O2/c16-7-10-17-8-5-11(6-9-17)18-14(19)12-3-1-2-4-13(12)15(18)20/h1-4,11H,5-10,16H2. The first-order chi connectivity index (χ1) is 9.72. The molecule has 2 aliphatic rings. The minimum Gasteiger partial charge on any atom is -0.329 e. The average Bonchev–Trinajstić information content (AvgIpc) is 2.73. The van der Waals surface area contributed by atoms with Gasteiger partial charge in [0.25, 0.3) is 11.8 Å². The highest BCUT2D eigenvalue weighted by atomic mass is 16.2. The summed E-state index contributed by atoms with van der Waals surface area (Å²) in [5.74, 6) is -0.272. The molecule has 2 heterocycles. The maximum Gasteiger partial charge on any atom is 0.261 e. The van der Waals surface area contributed by atoms with Gasteiger partial charge in [0, 0.05) is 32.2 Å². The van der Waals surface area contributed by atoms with Crippen LogP contribution in [0.2, 0.25) is 0 Å². The van der Waals surface area contributed by atoms with E-state index in [2.05, 4.69) is 4.90 Å². The molecule has 1 aromatic carbocycles. The maximum atomic E-state index is 12.4. The van der Waals surface area contributed by atoms with Crippen LogP contribution in [0.4, 0.5) is 0 Å². The number of fused-ring (bicyclic) bond motifs is 1. The number of carbonyl (C=O) groups excluding carboxylic acids is 2. The fourth-order valence-corrected chi connectivity index (χ4v) is 3.12. The second-order valence-corrected chi connectivity index (χ2v) is 5.39. The van der Waals surface area contributed by atoms with Gasteiger partial charge in [0.15, 0.2) is 0 Å². The maximum absolute atomic E-state index is 12.4. The Morgan fingerprint density at radius 3 is 2.10 bits per heavy atom.